The van der Waals surface area contributed by atoms with E-state index in [0.717, 1.165) is 22.0 Å². The van der Waals surface area contributed by atoms with Crippen molar-refractivity contribution >= 4 is 28.8 Å². The van der Waals surface area contributed by atoms with Gasteiger partial charge in [0.25, 0.3) is 0 Å². The van der Waals surface area contributed by atoms with Crippen LogP contribution in [0.15, 0.2) is 48.5 Å². The van der Waals surface area contributed by atoms with E-state index in [2.05, 4.69) is 22.3 Å². The maximum atomic E-state index is 11.7. The number of hydrogen-bond acceptors (Lipinski definition) is 2. The predicted molar refractivity (Wildman–Crippen MR) is 106 cm³/mol. The highest BCUT2D eigenvalue weighted by molar-refractivity contribution is 7.80. The second-order valence-corrected chi connectivity index (χ2v) is 6.20. The number of aryl methyl sites for hydroxylation is 2. The molecule has 0 atom stereocenters. The molecular formula is C19H23ClF3NOS. The molecule has 0 aliphatic rings. The Morgan fingerprint density at radius 1 is 1.08 bits per heavy atom. The van der Waals surface area contributed by atoms with Crippen molar-refractivity contribution in [3.8, 4) is 5.75 Å². The third kappa shape index (κ3) is 13.5. The first-order valence-corrected chi connectivity index (χ1v) is 8.61. The van der Waals surface area contributed by atoms with Gasteiger partial charge in [0.2, 0.25) is 0 Å². The minimum atomic E-state index is -4.60. The molecule has 0 saturated heterocycles. The summed E-state index contributed by atoms with van der Waals surface area (Å²) >= 11 is 10.2. The summed E-state index contributed by atoms with van der Waals surface area (Å²) < 4.78 is 38.8. The first-order chi connectivity index (χ1) is 12.1. The lowest BCUT2D eigenvalue weighted by atomic mass is 10.2. The maximum absolute atomic E-state index is 11.7. The van der Waals surface area contributed by atoms with Gasteiger partial charge in [-0.05, 0) is 50.1 Å². The van der Waals surface area contributed by atoms with Gasteiger partial charge in [0.15, 0.2) is 0 Å². The SMILES string of the molecule is CCc1ccc(OC(F)(F)F)cc1.CNC(C)=S.Cc1ccc(Cl)cc1. The first-order valence-electron chi connectivity index (χ1n) is 7.82. The molecule has 0 saturated carbocycles. The number of rotatable bonds is 2. The summed E-state index contributed by atoms with van der Waals surface area (Å²) in [5.74, 6) is -0.176. The molecule has 1 N–H and O–H groups in total. The van der Waals surface area contributed by atoms with Gasteiger partial charge in [0.05, 0.1) is 4.99 Å². The lowest BCUT2D eigenvalue weighted by Crippen LogP contribution is -2.16. The summed E-state index contributed by atoms with van der Waals surface area (Å²) in [6.07, 6.45) is -3.81. The quantitative estimate of drug-likeness (QED) is 0.588. The summed E-state index contributed by atoms with van der Waals surface area (Å²) in [7, 11) is 1.81. The van der Waals surface area contributed by atoms with Crippen LogP contribution < -0.4 is 10.1 Å². The summed E-state index contributed by atoms with van der Waals surface area (Å²) in [6, 6.07) is 13.6. The number of halogens is 4. The van der Waals surface area contributed by atoms with Crippen LogP contribution >= 0.6 is 23.8 Å². The molecule has 2 rings (SSSR count). The Bertz CT molecular complexity index is 622. The Morgan fingerprint density at radius 3 is 1.85 bits per heavy atom. The molecule has 2 aromatic carbocycles. The van der Waals surface area contributed by atoms with E-state index >= 15 is 0 Å². The molecule has 2 nitrogen and oxygen atoms in total. The fourth-order valence-electron chi connectivity index (χ4n) is 1.46. The molecule has 7 heteroatoms. The fourth-order valence-corrected chi connectivity index (χ4v) is 1.59. The van der Waals surface area contributed by atoms with Crippen LogP contribution in [-0.2, 0) is 6.42 Å². The van der Waals surface area contributed by atoms with Crippen LogP contribution in [-0.4, -0.2) is 18.4 Å². The smallest absolute Gasteiger partial charge is 0.406 e. The van der Waals surface area contributed by atoms with Crippen molar-refractivity contribution in [3.05, 3.63) is 64.7 Å². The molecule has 26 heavy (non-hydrogen) atoms. The van der Waals surface area contributed by atoms with Gasteiger partial charge in [0, 0.05) is 12.1 Å². The molecule has 0 bridgehead atoms. The minimum Gasteiger partial charge on any atom is -0.406 e. The van der Waals surface area contributed by atoms with Crippen LogP contribution in [0, 0.1) is 6.92 Å². The minimum absolute atomic E-state index is 0.176. The number of ether oxygens (including phenoxy) is 1. The largest absolute Gasteiger partial charge is 0.573 e. The molecule has 0 amide bonds. The molecular weight excluding hydrogens is 383 g/mol. The van der Waals surface area contributed by atoms with E-state index in [1.165, 1.54) is 17.7 Å². The molecule has 0 fully saturated rings. The van der Waals surface area contributed by atoms with Crippen LogP contribution in [0.25, 0.3) is 0 Å². The zero-order chi connectivity index (χ0) is 20.2. The zero-order valence-corrected chi connectivity index (χ0v) is 16.7. The van der Waals surface area contributed by atoms with E-state index in [1.807, 2.05) is 52.1 Å². The van der Waals surface area contributed by atoms with Gasteiger partial charge in [-0.2, -0.15) is 0 Å². The molecule has 0 unspecified atom stereocenters. The van der Waals surface area contributed by atoms with E-state index in [1.54, 1.807) is 12.1 Å². The van der Waals surface area contributed by atoms with Crippen molar-refractivity contribution in [1.82, 2.24) is 5.32 Å². The summed E-state index contributed by atoms with van der Waals surface area (Å²) in [6.45, 7) is 5.81. The van der Waals surface area contributed by atoms with Gasteiger partial charge in [0.1, 0.15) is 5.75 Å². The van der Waals surface area contributed by atoms with Gasteiger partial charge >= 0.3 is 6.36 Å². The van der Waals surface area contributed by atoms with Gasteiger partial charge in [-0.1, -0.05) is 60.6 Å². The standard InChI is InChI=1S/C9H9F3O.C7H7Cl.C3H7NS/c1-2-7-3-5-8(6-4-7)13-9(10,11)12;1-6-2-4-7(8)5-3-6;1-3(5)4-2/h3-6H,2H2,1H3;2-5H,1H3;1-2H3,(H,4,5). The van der Waals surface area contributed by atoms with E-state index < -0.39 is 6.36 Å². The van der Waals surface area contributed by atoms with Crippen LogP contribution in [0.5, 0.6) is 5.75 Å². The number of benzene rings is 2. The van der Waals surface area contributed by atoms with Crippen LogP contribution in [0.1, 0.15) is 25.0 Å². The number of nitrogens with one attached hydrogen (secondary N) is 1. The van der Waals surface area contributed by atoms with Gasteiger partial charge in [-0.15, -0.1) is 13.2 Å². The Morgan fingerprint density at radius 2 is 1.54 bits per heavy atom. The van der Waals surface area contributed by atoms with Crippen LogP contribution in [0.4, 0.5) is 13.2 Å². The molecule has 2 aromatic rings. The van der Waals surface area contributed by atoms with E-state index in [0.29, 0.717) is 0 Å². The highest BCUT2D eigenvalue weighted by Gasteiger charge is 2.30. The number of hydrogen-bond donors (Lipinski definition) is 1. The topological polar surface area (TPSA) is 21.3 Å². The highest BCUT2D eigenvalue weighted by atomic mass is 35.5. The molecule has 144 valence electrons. The van der Waals surface area contributed by atoms with Crippen LogP contribution in [0.3, 0.4) is 0 Å². The lowest BCUT2D eigenvalue weighted by Gasteiger charge is -2.08. The van der Waals surface area contributed by atoms with Crippen molar-refractivity contribution in [1.29, 1.82) is 0 Å². The van der Waals surface area contributed by atoms with E-state index in [-0.39, 0.29) is 5.75 Å². The van der Waals surface area contributed by atoms with Gasteiger partial charge < -0.3 is 10.1 Å². The predicted octanol–water partition coefficient (Wildman–Crippen LogP) is 6.35. The number of thiocarbonyl (C=S) groups is 1. The lowest BCUT2D eigenvalue weighted by molar-refractivity contribution is -0.274. The Labute approximate surface area is 163 Å². The highest BCUT2D eigenvalue weighted by Crippen LogP contribution is 2.22. The Hall–Kier alpha value is -1.79. The first kappa shape index (κ1) is 24.2. The van der Waals surface area contributed by atoms with Gasteiger partial charge in [-0.25, -0.2) is 0 Å². The second-order valence-electron chi connectivity index (χ2n) is 5.15. The second kappa shape index (κ2) is 12.5. The molecule has 0 aliphatic heterocycles. The van der Waals surface area contributed by atoms with E-state index in [4.69, 9.17) is 11.6 Å². The van der Waals surface area contributed by atoms with Crippen molar-refractivity contribution in [3.63, 3.8) is 0 Å². The zero-order valence-electron chi connectivity index (χ0n) is 15.2. The van der Waals surface area contributed by atoms with Crippen molar-refractivity contribution in [2.75, 3.05) is 7.05 Å². The monoisotopic (exact) mass is 405 g/mol. The maximum Gasteiger partial charge on any atom is 0.573 e. The summed E-state index contributed by atoms with van der Waals surface area (Å²) in [4.78, 5) is 0.838. The Kier molecular flexibility index (Phi) is 11.7. The molecule has 0 heterocycles. The number of alkyl halides is 3. The molecule has 0 aromatic heterocycles. The van der Waals surface area contributed by atoms with Crippen molar-refractivity contribution in [2.45, 2.75) is 33.6 Å². The molecule has 0 radical (unpaired) electrons. The summed E-state index contributed by atoms with van der Waals surface area (Å²) in [5, 5.41) is 3.56. The average Bonchev–Trinajstić information content (AvgIpc) is 2.58. The van der Waals surface area contributed by atoms with Crippen molar-refractivity contribution in [2.24, 2.45) is 0 Å². The van der Waals surface area contributed by atoms with Crippen LogP contribution in [0.2, 0.25) is 5.02 Å². The Balaban J connectivity index is 0.000000409. The average molecular weight is 406 g/mol. The molecule has 0 spiro atoms. The van der Waals surface area contributed by atoms with Gasteiger partial charge in [-0.3, -0.25) is 0 Å². The normalized spacial score (nSPS) is 9.85. The fraction of sp³-hybridized carbons (Fsp3) is 0.316. The third-order valence-corrected chi connectivity index (χ3v) is 3.38. The van der Waals surface area contributed by atoms with Crippen molar-refractivity contribution < 1.29 is 17.9 Å². The summed E-state index contributed by atoms with van der Waals surface area (Å²) in [5.41, 5.74) is 2.23. The molecule has 0 aliphatic carbocycles. The van der Waals surface area contributed by atoms with E-state index in [9.17, 15) is 13.2 Å². The third-order valence-electron chi connectivity index (χ3n) is 2.93.